The molecular formula is C17H19ClN4OS. The molecule has 0 spiro atoms. The molecule has 0 radical (unpaired) electrons. The Morgan fingerprint density at radius 2 is 2.08 bits per heavy atom. The van der Waals surface area contributed by atoms with Crippen LogP contribution >= 0.6 is 23.4 Å². The predicted molar refractivity (Wildman–Crippen MR) is 99.2 cm³/mol. The number of halogens is 1. The molecule has 126 valence electrons. The van der Waals surface area contributed by atoms with Crippen molar-refractivity contribution in [3.8, 4) is 0 Å². The number of thioether (sulfide) groups is 1. The highest BCUT2D eigenvalue weighted by Gasteiger charge is 2.19. The van der Waals surface area contributed by atoms with Crippen molar-refractivity contribution in [3.05, 3.63) is 52.9 Å². The van der Waals surface area contributed by atoms with Crippen LogP contribution in [0.15, 0.2) is 41.6 Å². The summed E-state index contributed by atoms with van der Waals surface area (Å²) < 4.78 is 0. The Morgan fingerprint density at radius 1 is 1.29 bits per heavy atom. The quantitative estimate of drug-likeness (QED) is 0.656. The van der Waals surface area contributed by atoms with Crippen LogP contribution in [0.25, 0.3) is 5.57 Å². The van der Waals surface area contributed by atoms with Crippen molar-refractivity contribution in [2.45, 2.75) is 17.4 Å². The average Bonchev–Trinajstić information content (AvgIpc) is 3.01. The van der Waals surface area contributed by atoms with E-state index in [-0.39, 0.29) is 12.6 Å². The van der Waals surface area contributed by atoms with E-state index in [1.807, 2.05) is 24.3 Å². The molecule has 0 saturated carbocycles. The third-order valence-corrected chi connectivity index (χ3v) is 5.33. The van der Waals surface area contributed by atoms with Gasteiger partial charge in [-0.3, -0.25) is 0 Å². The Kier molecular flexibility index (Phi) is 5.73. The number of hydrogen-bond acceptors (Lipinski definition) is 6. The van der Waals surface area contributed by atoms with Crippen LogP contribution in [0.5, 0.6) is 0 Å². The molecule has 2 aromatic rings. The molecule has 1 atom stereocenters. The molecule has 1 aromatic heterocycles. The van der Waals surface area contributed by atoms with Crippen molar-refractivity contribution in [1.82, 2.24) is 15.3 Å². The number of fused-ring (bicyclic) bond motifs is 1. The second-order valence-corrected chi connectivity index (χ2v) is 7.07. The number of nitrogen functional groups attached to an aromatic ring is 1. The van der Waals surface area contributed by atoms with Crippen molar-refractivity contribution < 1.29 is 5.11 Å². The molecule has 0 bridgehead atoms. The van der Waals surface area contributed by atoms with Gasteiger partial charge in [-0.05, 0) is 36.3 Å². The van der Waals surface area contributed by atoms with Crippen LogP contribution in [0.2, 0.25) is 5.02 Å². The first kappa shape index (κ1) is 17.2. The minimum Gasteiger partial charge on any atom is -0.395 e. The van der Waals surface area contributed by atoms with E-state index in [1.54, 1.807) is 11.8 Å². The Bertz CT molecular complexity index is 736. The molecule has 0 aliphatic heterocycles. The van der Waals surface area contributed by atoms with Crippen LogP contribution in [-0.2, 0) is 6.42 Å². The summed E-state index contributed by atoms with van der Waals surface area (Å²) in [6.07, 6.45) is 4.37. The Morgan fingerprint density at radius 3 is 2.83 bits per heavy atom. The number of rotatable bonds is 7. The van der Waals surface area contributed by atoms with Gasteiger partial charge in [-0.15, -0.1) is 11.8 Å². The van der Waals surface area contributed by atoms with Gasteiger partial charge in [0.05, 0.1) is 12.3 Å². The zero-order valence-corrected chi connectivity index (χ0v) is 14.6. The van der Waals surface area contributed by atoms with Crippen LogP contribution < -0.4 is 11.1 Å². The first-order valence-corrected chi connectivity index (χ1v) is 9.05. The lowest BCUT2D eigenvalue weighted by Crippen LogP contribution is -2.35. The fourth-order valence-electron chi connectivity index (χ4n) is 2.54. The van der Waals surface area contributed by atoms with Gasteiger partial charge in [-0.25, -0.2) is 9.97 Å². The molecule has 0 saturated heterocycles. The van der Waals surface area contributed by atoms with Crippen LogP contribution in [0.1, 0.15) is 11.3 Å². The summed E-state index contributed by atoms with van der Waals surface area (Å²) in [5.74, 6) is 1.31. The number of nitrogens with two attached hydrogens (primary N) is 1. The number of benzene rings is 1. The van der Waals surface area contributed by atoms with E-state index in [9.17, 15) is 5.11 Å². The zero-order valence-electron chi connectivity index (χ0n) is 13.1. The van der Waals surface area contributed by atoms with Gasteiger partial charge >= 0.3 is 0 Å². The van der Waals surface area contributed by atoms with Crippen molar-refractivity contribution in [2.24, 2.45) is 0 Å². The third-order valence-electron chi connectivity index (χ3n) is 3.90. The van der Waals surface area contributed by atoms with Gasteiger partial charge in [-0.2, -0.15) is 0 Å². The maximum absolute atomic E-state index is 9.60. The molecule has 4 N–H and O–H groups in total. The SMILES string of the molecule is Nc1ncnc2c1CC=C2CN[C@H](CO)CSc1ccc(Cl)cc1. The summed E-state index contributed by atoms with van der Waals surface area (Å²) in [5, 5.41) is 13.7. The number of aliphatic hydroxyl groups excluding tert-OH is 1. The normalized spacial score (nSPS) is 14.3. The molecule has 1 aliphatic carbocycles. The maximum atomic E-state index is 9.60. The first-order valence-electron chi connectivity index (χ1n) is 7.68. The van der Waals surface area contributed by atoms with Crippen LogP contribution in [-0.4, -0.2) is 40.0 Å². The summed E-state index contributed by atoms with van der Waals surface area (Å²) >= 11 is 7.58. The highest BCUT2D eigenvalue weighted by atomic mass is 35.5. The van der Waals surface area contributed by atoms with Gasteiger partial charge in [0.1, 0.15) is 12.1 Å². The monoisotopic (exact) mass is 362 g/mol. The van der Waals surface area contributed by atoms with E-state index in [0.29, 0.717) is 12.4 Å². The number of aliphatic hydroxyl groups is 1. The zero-order chi connectivity index (χ0) is 16.9. The second-order valence-electron chi connectivity index (χ2n) is 5.54. The number of nitrogens with zero attached hydrogens (tertiary/aromatic N) is 2. The third kappa shape index (κ3) is 4.08. The fraction of sp³-hybridized carbons (Fsp3) is 0.294. The molecule has 0 fully saturated rings. The van der Waals surface area contributed by atoms with E-state index >= 15 is 0 Å². The molecule has 0 amide bonds. The van der Waals surface area contributed by atoms with Crippen molar-refractivity contribution in [2.75, 3.05) is 24.6 Å². The van der Waals surface area contributed by atoms with Crippen molar-refractivity contribution in [1.29, 1.82) is 0 Å². The van der Waals surface area contributed by atoms with E-state index in [0.717, 1.165) is 38.9 Å². The number of aromatic nitrogens is 2. The minimum atomic E-state index is -0.00480. The maximum Gasteiger partial charge on any atom is 0.130 e. The summed E-state index contributed by atoms with van der Waals surface area (Å²) in [4.78, 5) is 9.48. The van der Waals surface area contributed by atoms with E-state index in [4.69, 9.17) is 17.3 Å². The molecule has 7 heteroatoms. The highest BCUT2D eigenvalue weighted by molar-refractivity contribution is 7.99. The predicted octanol–water partition coefficient (Wildman–Crippen LogP) is 2.39. The summed E-state index contributed by atoms with van der Waals surface area (Å²) in [6, 6.07) is 7.70. The molecule has 1 heterocycles. The largest absolute Gasteiger partial charge is 0.395 e. The van der Waals surface area contributed by atoms with E-state index in [1.165, 1.54) is 6.33 Å². The topological polar surface area (TPSA) is 84.1 Å². The Balaban J connectivity index is 1.54. The van der Waals surface area contributed by atoms with Gasteiger partial charge in [0.15, 0.2) is 0 Å². The lowest BCUT2D eigenvalue weighted by molar-refractivity contribution is 0.257. The summed E-state index contributed by atoms with van der Waals surface area (Å²) in [5.41, 5.74) is 8.89. The van der Waals surface area contributed by atoms with Gasteiger partial charge in [-0.1, -0.05) is 17.7 Å². The molecular weight excluding hydrogens is 344 g/mol. The van der Waals surface area contributed by atoms with E-state index in [2.05, 4.69) is 21.4 Å². The van der Waals surface area contributed by atoms with E-state index < -0.39 is 0 Å². The number of hydrogen-bond donors (Lipinski definition) is 3. The van der Waals surface area contributed by atoms with Crippen molar-refractivity contribution >= 4 is 34.8 Å². The minimum absolute atomic E-state index is 0.00480. The van der Waals surface area contributed by atoms with Gasteiger partial charge in [0, 0.05) is 33.8 Å². The van der Waals surface area contributed by atoms with Gasteiger partial charge in [0.2, 0.25) is 0 Å². The number of nitrogens with one attached hydrogen (secondary N) is 1. The second kappa shape index (κ2) is 7.98. The van der Waals surface area contributed by atoms with Crippen LogP contribution in [0.4, 0.5) is 5.82 Å². The molecule has 5 nitrogen and oxygen atoms in total. The molecule has 1 aliphatic rings. The summed E-state index contributed by atoms with van der Waals surface area (Å²) in [6.45, 7) is 0.725. The lowest BCUT2D eigenvalue weighted by atomic mass is 10.2. The van der Waals surface area contributed by atoms with Gasteiger partial charge < -0.3 is 16.2 Å². The highest BCUT2D eigenvalue weighted by Crippen LogP contribution is 2.27. The standard InChI is InChI=1S/C17H19ClN4OS/c18-12-2-4-14(5-3-12)24-9-13(8-23)20-7-11-1-6-15-16(11)21-10-22-17(15)19/h1-5,10,13,20,23H,6-9H2,(H2,19,21,22)/t13-/m1/s1. The molecule has 3 rings (SSSR count). The van der Waals surface area contributed by atoms with Crippen LogP contribution in [0, 0.1) is 0 Å². The Hall–Kier alpha value is -1.60. The number of anilines is 1. The Labute approximate surface area is 150 Å². The smallest absolute Gasteiger partial charge is 0.130 e. The first-order chi connectivity index (χ1) is 11.7. The molecule has 1 aromatic carbocycles. The lowest BCUT2D eigenvalue weighted by Gasteiger charge is -2.16. The summed E-state index contributed by atoms with van der Waals surface area (Å²) in [7, 11) is 0. The van der Waals surface area contributed by atoms with Crippen LogP contribution in [0.3, 0.4) is 0 Å². The molecule has 0 unspecified atom stereocenters. The van der Waals surface area contributed by atoms with Crippen molar-refractivity contribution in [3.63, 3.8) is 0 Å². The number of allylic oxidation sites excluding steroid dienone is 1. The fourth-order valence-corrected chi connectivity index (χ4v) is 3.61. The average molecular weight is 363 g/mol. The molecule has 24 heavy (non-hydrogen) atoms. The van der Waals surface area contributed by atoms with Gasteiger partial charge in [0.25, 0.3) is 0 Å².